The Morgan fingerprint density at radius 3 is 2.80 bits per heavy atom. The Kier molecular flexibility index (Phi) is 3.69. The van der Waals surface area contributed by atoms with E-state index >= 15 is 0 Å². The first-order valence-electron chi connectivity index (χ1n) is 8.10. The van der Waals surface area contributed by atoms with Crippen LogP contribution in [0.2, 0.25) is 0 Å². The molecule has 0 aliphatic heterocycles. The molecule has 1 heterocycles. The van der Waals surface area contributed by atoms with Crippen molar-refractivity contribution in [3.05, 3.63) is 72.1 Å². The normalized spacial score (nSPS) is 18.7. The summed E-state index contributed by atoms with van der Waals surface area (Å²) in [5.41, 5.74) is 1.92. The largest absolute Gasteiger partial charge is 0.478 e. The fourth-order valence-corrected chi connectivity index (χ4v) is 3.15. The van der Waals surface area contributed by atoms with Crippen LogP contribution >= 0.6 is 0 Å². The second kappa shape index (κ2) is 6.02. The number of nitrogens with one attached hydrogen (secondary N) is 1. The van der Waals surface area contributed by atoms with Gasteiger partial charge in [-0.05, 0) is 53.6 Å². The van der Waals surface area contributed by atoms with Gasteiger partial charge in [0.15, 0.2) is 0 Å². The van der Waals surface area contributed by atoms with Gasteiger partial charge < -0.3 is 10.4 Å². The van der Waals surface area contributed by atoms with Crippen LogP contribution in [0.1, 0.15) is 28.3 Å². The highest BCUT2D eigenvalue weighted by Gasteiger charge is 2.44. The Morgan fingerprint density at radius 2 is 1.96 bits per heavy atom. The Hall–Kier alpha value is -3.21. The molecule has 2 atom stereocenters. The van der Waals surface area contributed by atoms with Crippen LogP contribution in [0.3, 0.4) is 0 Å². The number of hydrogen-bond donors (Lipinski definition) is 2. The Labute approximate surface area is 144 Å². The van der Waals surface area contributed by atoms with Crippen LogP contribution in [-0.2, 0) is 4.79 Å². The van der Waals surface area contributed by atoms with Crippen molar-refractivity contribution in [2.75, 3.05) is 5.32 Å². The number of rotatable bonds is 4. The molecular formula is C20H16N2O3. The quantitative estimate of drug-likeness (QED) is 0.764. The summed E-state index contributed by atoms with van der Waals surface area (Å²) in [5, 5.41) is 14.1. The van der Waals surface area contributed by atoms with E-state index in [9.17, 15) is 9.59 Å². The van der Waals surface area contributed by atoms with E-state index in [0.717, 1.165) is 28.4 Å². The zero-order chi connectivity index (χ0) is 17.4. The zero-order valence-electron chi connectivity index (χ0n) is 13.3. The van der Waals surface area contributed by atoms with Crippen LogP contribution < -0.4 is 5.32 Å². The summed E-state index contributed by atoms with van der Waals surface area (Å²) >= 11 is 0. The highest BCUT2D eigenvalue weighted by atomic mass is 16.4. The number of carboxylic acid groups (broad SMARTS) is 1. The van der Waals surface area contributed by atoms with Crippen molar-refractivity contribution < 1.29 is 14.7 Å². The van der Waals surface area contributed by atoms with Crippen molar-refractivity contribution in [2.45, 2.75) is 12.3 Å². The van der Waals surface area contributed by atoms with Gasteiger partial charge >= 0.3 is 5.97 Å². The van der Waals surface area contributed by atoms with E-state index < -0.39 is 5.97 Å². The van der Waals surface area contributed by atoms with E-state index in [0.29, 0.717) is 0 Å². The number of amides is 1. The molecule has 1 aromatic heterocycles. The van der Waals surface area contributed by atoms with E-state index in [4.69, 9.17) is 5.11 Å². The van der Waals surface area contributed by atoms with Crippen LogP contribution in [-0.4, -0.2) is 22.0 Å². The second-order valence-electron chi connectivity index (χ2n) is 6.31. The minimum Gasteiger partial charge on any atom is -0.478 e. The van der Waals surface area contributed by atoms with E-state index in [2.05, 4.69) is 10.3 Å². The molecular weight excluding hydrogens is 316 g/mol. The van der Waals surface area contributed by atoms with Crippen LogP contribution in [0.15, 0.2) is 60.9 Å². The molecule has 0 saturated heterocycles. The lowest BCUT2D eigenvalue weighted by molar-refractivity contribution is -0.117. The third-order valence-corrected chi connectivity index (χ3v) is 4.60. The third-order valence-electron chi connectivity index (χ3n) is 4.60. The standard InChI is InChI=1S/C20H16N2O3/c23-19(22-16-5-4-15-11-21-7-6-12(15)9-16)18-10-17(18)13-2-1-3-14(8-13)20(24)25/h1-9,11,17-18H,10H2,(H,22,23)(H,24,25). The van der Waals surface area contributed by atoms with Gasteiger partial charge in [-0.1, -0.05) is 18.2 Å². The molecule has 124 valence electrons. The van der Waals surface area contributed by atoms with E-state index in [-0.39, 0.29) is 23.3 Å². The maximum Gasteiger partial charge on any atom is 0.335 e. The molecule has 1 aliphatic rings. The molecule has 2 aromatic carbocycles. The van der Waals surface area contributed by atoms with Gasteiger partial charge in [-0.25, -0.2) is 4.79 Å². The molecule has 1 fully saturated rings. The monoisotopic (exact) mass is 332 g/mol. The summed E-state index contributed by atoms with van der Waals surface area (Å²) in [4.78, 5) is 27.6. The van der Waals surface area contributed by atoms with E-state index in [1.165, 1.54) is 0 Å². The van der Waals surface area contributed by atoms with Gasteiger partial charge in [-0.2, -0.15) is 0 Å². The van der Waals surface area contributed by atoms with Crippen molar-refractivity contribution in [2.24, 2.45) is 5.92 Å². The van der Waals surface area contributed by atoms with Crippen molar-refractivity contribution in [1.82, 2.24) is 4.98 Å². The predicted molar refractivity (Wildman–Crippen MR) is 94.6 cm³/mol. The number of anilines is 1. The molecule has 5 nitrogen and oxygen atoms in total. The molecule has 1 amide bonds. The average molecular weight is 332 g/mol. The van der Waals surface area contributed by atoms with Gasteiger partial charge in [-0.15, -0.1) is 0 Å². The second-order valence-corrected chi connectivity index (χ2v) is 6.31. The molecule has 4 rings (SSSR count). The van der Waals surface area contributed by atoms with E-state index in [1.54, 1.807) is 30.6 Å². The smallest absolute Gasteiger partial charge is 0.335 e. The summed E-state index contributed by atoms with van der Waals surface area (Å²) in [6, 6.07) is 14.5. The van der Waals surface area contributed by atoms with Crippen LogP contribution in [0, 0.1) is 5.92 Å². The highest BCUT2D eigenvalue weighted by molar-refractivity contribution is 5.97. The lowest BCUT2D eigenvalue weighted by atomic mass is 10.1. The third kappa shape index (κ3) is 3.08. The first-order chi connectivity index (χ1) is 12.1. The predicted octanol–water partition coefficient (Wildman–Crippen LogP) is 3.68. The van der Waals surface area contributed by atoms with Gasteiger partial charge in [-0.3, -0.25) is 9.78 Å². The van der Waals surface area contributed by atoms with Crippen LogP contribution in [0.25, 0.3) is 10.8 Å². The minimum atomic E-state index is -0.950. The van der Waals surface area contributed by atoms with Gasteiger partial charge in [0.1, 0.15) is 0 Å². The maximum absolute atomic E-state index is 12.5. The van der Waals surface area contributed by atoms with Gasteiger partial charge in [0, 0.05) is 29.4 Å². The first-order valence-corrected chi connectivity index (χ1v) is 8.10. The minimum absolute atomic E-state index is 0.0286. The lowest BCUT2D eigenvalue weighted by Crippen LogP contribution is -2.14. The fourth-order valence-electron chi connectivity index (χ4n) is 3.15. The average Bonchev–Trinajstić information content (AvgIpc) is 3.43. The number of hydrogen-bond acceptors (Lipinski definition) is 3. The summed E-state index contributed by atoms with van der Waals surface area (Å²) in [7, 11) is 0. The molecule has 2 N–H and O–H groups in total. The molecule has 0 spiro atoms. The number of carbonyl (C=O) groups is 2. The van der Waals surface area contributed by atoms with Gasteiger partial charge in [0.25, 0.3) is 0 Å². The van der Waals surface area contributed by atoms with E-state index in [1.807, 2.05) is 30.3 Å². The maximum atomic E-state index is 12.5. The highest BCUT2D eigenvalue weighted by Crippen LogP contribution is 2.48. The molecule has 0 bridgehead atoms. The molecule has 3 aromatic rings. The summed E-state index contributed by atoms with van der Waals surface area (Å²) in [6.07, 6.45) is 4.25. The van der Waals surface area contributed by atoms with Gasteiger partial charge in [0.05, 0.1) is 5.56 Å². The number of aromatic carboxylic acids is 1. The molecule has 0 radical (unpaired) electrons. The molecule has 5 heteroatoms. The number of fused-ring (bicyclic) bond motifs is 1. The van der Waals surface area contributed by atoms with Crippen LogP contribution in [0.4, 0.5) is 5.69 Å². The first kappa shape index (κ1) is 15.3. The summed E-state index contributed by atoms with van der Waals surface area (Å²) in [6.45, 7) is 0. The SMILES string of the molecule is O=C(O)c1cccc(C2CC2C(=O)Nc2ccc3cnccc3c2)c1. The Morgan fingerprint density at radius 1 is 1.08 bits per heavy atom. The van der Waals surface area contributed by atoms with Gasteiger partial charge in [0.2, 0.25) is 5.91 Å². The number of benzene rings is 2. The zero-order valence-corrected chi connectivity index (χ0v) is 13.3. The summed E-state index contributed by atoms with van der Waals surface area (Å²) < 4.78 is 0. The Bertz CT molecular complexity index is 983. The van der Waals surface area contributed by atoms with Crippen molar-refractivity contribution in [3.63, 3.8) is 0 Å². The number of pyridine rings is 1. The van der Waals surface area contributed by atoms with Crippen molar-refractivity contribution >= 4 is 28.3 Å². The number of aromatic nitrogens is 1. The number of carbonyl (C=O) groups excluding carboxylic acids is 1. The van der Waals surface area contributed by atoms with Crippen molar-refractivity contribution in [3.8, 4) is 0 Å². The molecule has 1 aliphatic carbocycles. The lowest BCUT2D eigenvalue weighted by Gasteiger charge is -2.07. The topological polar surface area (TPSA) is 79.3 Å². The van der Waals surface area contributed by atoms with Crippen molar-refractivity contribution in [1.29, 1.82) is 0 Å². The summed E-state index contributed by atoms with van der Waals surface area (Å²) in [5.74, 6) is -1.01. The Balaban J connectivity index is 1.47. The number of carboxylic acids is 1. The molecule has 1 saturated carbocycles. The van der Waals surface area contributed by atoms with Crippen LogP contribution in [0.5, 0.6) is 0 Å². The number of nitrogens with zero attached hydrogens (tertiary/aromatic N) is 1. The molecule has 25 heavy (non-hydrogen) atoms. The molecule has 2 unspecified atom stereocenters. The fraction of sp³-hybridized carbons (Fsp3) is 0.150.